The Bertz CT molecular complexity index is 2250. The molecule has 0 radical (unpaired) electrons. The Balaban J connectivity index is 0.777. The molecule has 7 rings (SSSR count). The molecule has 1 fully saturated rings. The number of hydrogen-bond donors (Lipinski definition) is 4. The molecule has 4 N–H and O–H groups in total. The Hall–Kier alpha value is -6.61. The standard InChI is InChI=1S/C38H35N7O8/c1-22-5-9-30(36(48)43-22)45-37(49)26-3-2-4-31(35(26)38(45)50)52-20-32(46)40-13-15-51-16-14-41-33(47)21-53-34-10-7-24(18-42-34)23-6-8-25-27-19-39-12-11-28(27)44-29(25)17-23/h2-4,6-8,10-12,17-19,30,44H,1,5,9,13-16,20-21H2,(H,40,46)(H,41,47)(H,43,48). The number of amides is 5. The highest BCUT2D eigenvalue weighted by Gasteiger charge is 2.45. The van der Waals surface area contributed by atoms with Crippen LogP contribution in [0.4, 0.5) is 0 Å². The highest BCUT2D eigenvalue weighted by Crippen LogP contribution is 2.34. The summed E-state index contributed by atoms with van der Waals surface area (Å²) in [6, 6.07) is 15.2. The van der Waals surface area contributed by atoms with E-state index in [1.165, 1.54) is 12.1 Å². The number of aromatic nitrogens is 3. The summed E-state index contributed by atoms with van der Waals surface area (Å²) in [6.45, 7) is 3.90. The van der Waals surface area contributed by atoms with E-state index in [2.05, 4.69) is 49.6 Å². The fraction of sp³-hybridized carbons (Fsp3) is 0.237. The predicted octanol–water partition coefficient (Wildman–Crippen LogP) is 2.87. The van der Waals surface area contributed by atoms with Crippen molar-refractivity contribution >= 4 is 51.3 Å². The summed E-state index contributed by atoms with van der Waals surface area (Å²) in [5, 5.41) is 10.1. The number of imide groups is 1. The molecule has 15 nitrogen and oxygen atoms in total. The largest absolute Gasteiger partial charge is 0.483 e. The third-order valence-corrected chi connectivity index (χ3v) is 8.86. The van der Waals surface area contributed by atoms with Crippen LogP contribution in [0.3, 0.4) is 0 Å². The Morgan fingerprint density at radius 1 is 0.868 bits per heavy atom. The summed E-state index contributed by atoms with van der Waals surface area (Å²) in [5.74, 6) is -2.14. The summed E-state index contributed by atoms with van der Waals surface area (Å²) in [5.41, 5.74) is 4.57. The van der Waals surface area contributed by atoms with Crippen LogP contribution in [-0.2, 0) is 19.1 Å². The van der Waals surface area contributed by atoms with Crippen LogP contribution < -0.4 is 25.4 Å². The molecule has 5 heterocycles. The second kappa shape index (κ2) is 15.3. The molecule has 15 heteroatoms. The lowest BCUT2D eigenvalue weighted by atomic mass is 10.0. The molecule has 3 aromatic heterocycles. The number of allylic oxidation sites excluding steroid dienone is 1. The van der Waals surface area contributed by atoms with Crippen molar-refractivity contribution in [2.24, 2.45) is 0 Å². The van der Waals surface area contributed by atoms with Crippen LogP contribution >= 0.6 is 0 Å². The molecule has 2 aliphatic heterocycles. The molecule has 0 saturated carbocycles. The lowest BCUT2D eigenvalue weighted by Gasteiger charge is -2.29. The lowest BCUT2D eigenvalue weighted by Crippen LogP contribution is -2.51. The van der Waals surface area contributed by atoms with Crippen LogP contribution in [0.2, 0.25) is 0 Å². The van der Waals surface area contributed by atoms with Crippen LogP contribution in [0.1, 0.15) is 33.6 Å². The first-order valence-electron chi connectivity index (χ1n) is 16.9. The summed E-state index contributed by atoms with van der Waals surface area (Å²) in [6.07, 6.45) is 6.01. The number of carbonyl (C=O) groups is 5. The van der Waals surface area contributed by atoms with E-state index >= 15 is 0 Å². The number of fused-ring (bicyclic) bond motifs is 4. The molecule has 1 saturated heterocycles. The van der Waals surface area contributed by atoms with E-state index in [9.17, 15) is 24.0 Å². The molecular weight excluding hydrogens is 682 g/mol. The fourth-order valence-corrected chi connectivity index (χ4v) is 6.26. The van der Waals surface area contributed by atoms with Gasteiger partial charge in [-0.25, -0.2) is 4.98 Å². The summed E-state index contributed by atoms with van der Waals surface area (Å²) >= 11 is 0. The van der Waals surface area contributed by atoms with Gasteiger partial charge in [0.2, 0.25) is 11.8 Å². The van der Waals surface area contributed by atoms with Gasteiger partial charge in [-0.2, -0.15) is 0 Å². The van der Waals surface area contributed by atoms with Crippen LogP contribution in [0.25, 0.3) is 32.9 Å². The van der Waals surface area contributed by atoms with Gasteiger partial charge < -0.3 is 35.1 Å². The zero-order chi connectivity index (χ0) is 36.9. The Kier molecular flexibility index (Phi) is 10.1. The van der Waals surface area contributed by atoms with Crippen molar-refractivity contribution < 1.29 is 38.2 Å². The predicted molar refractivity (Wildman–Crippen MR) is 192 cm³/mol. The van der Waals surface area contributed by atoms with Gasteiger partial charge in [0.15, 0.2) is 13.2 Å². The van der Waals surface area contributed by atoms with Gasteiger partial charge in [0.25, 0.3) is 23.6 Å². The van der Waals surface area contributed by atoms with E-state index in [4.69, 9.17) is 14.2 Å². The van der Waals surface area contributed by atoms with Crippen LogP contribution in [0, 0.1) is 0 Å². The van der Waals surface area contributed by atoms with Crippen molar-refractivity contribution in [1.29, 1.82) is 0 Å². The van der Waals surface area contributed by atoms with Gasteiger partial charge in [0.05, 0.1) is 24.3 Å². The average molecular weight is 718 g/mol. The zero-order valence-corrected chi connectivity index (χ0v) is 28.5. The Morgan fingerprint density at radius 2 is 1.64 bits per heavy atom. The molecule has 1 unspecified atom stereocenters. The van der Waals surface area contributed by atoms with Crippen LogP contribution in [0.5, 0.6) is 11.6 Å². The maximum absolute atomic E-state index is 13.2. The van der Waals surface area contributed by atoms with Gasteiger partial charge in [0.1, 0.15) is 11.8 Å². The van der Waals surface area contributed by atoms with Crippen molar-refractivity contribution in [3.63, 3.8) is 0 Å². The number of rotatable bonds is 14. The fourth-order valence-electron chi connectivity index (χ4n) is 6.26. The Morgan fingerprint density at radius 3 is 2.40 bits per heavy atom. The molecule has 1 atom stereocenters. The highest BCUT2D eigenvalue weighted by atomic mass is 16.5. The average Bonchev–Trinajstić information content (AvgIpc) is 3.66. The first-order chi connectivity index (χ1) is 25.8. The van der Waals surface area contributed by atoms with E-state index < -0.39 is 36.3 Å². The number of benzene rings is 2. The normalized spacial score (nSPS) is 15.4. The molecule has 0 bridgehead atoms. The number of nitrogens with zero attached hydrogens (tertiary/aromatic N) is 3. The van der Waals surface area contributed by atoms with E-state index in [1.807, 2.05) is 24.4 Å². The van der Waals surface area contributed by atoms with Gasteiger partial charge in [-0.3, -0.25) is 33.9 Å². The lowest BCUT2D eigenvalue weighted by molar-refractivity contribution is -0.125. The minimum atomic E-state index is -0.954. The first kappa shape index (κ1) is 34.8. The minimum Gasteiger partial charge on any atom is -0.483 e. The van der Waals surface area contributed by atoms with E-state index in [1.54, 1.807) is 24.5 Å². The quantitative estimate of drug-likeness (QED) is 0.0981. The SMILES string of the molecule is C=C1CCC(N2C(=O)c3cccc(OCC(=O)NCCOCCNC(=O)COc4ccc(-c5ccc6c(c5)[nH]c5ccncc56)cn4)c3C2=O)C(=O)N1. The van der Waals surface area contributed by atoms with E-state index in [-0.39, 0.29) is 62.1 Å². The van der Waals surface area contributed by atoms with Gasteiger partial charge in [-0.15, -0.1) is 0 Å². The third-order valence-electron chi connectivity index (χ3n) is 8.86. The zero-order valence-electron chi connectivity index (χ0n) is 28.5. The number of carbonyl (C=O) groups excluding carboxylic acids is 5. The number of pyridine rings is 2. The summed E-state index contributed by atoms with van der Waals surface area (Å²) in [4.78, 5) is 76.2. The van der Waals surface area contributed by atoms with Gasteiger partial charge >= 0.3 is 0 Å². The number of nitrogens with one attached hydrogen (secondary N) is 4. The molecule has 5 aromatic rings. The van der Waals surface area contributed by atoms with Gasteiger partial charge in [-0.05, 0) is 48.7 Å². The number of hydrogen-bond acceptors (Lipinski definition) is 10. The second-order valence-electron chi connectivity index (χ2n) is 12.4. The van der Waals surface area contributed by atoms with Crippen molar-refractivity contribution in [2.75, 3.05) is 39.5 Å². The number of aromatic amines is 1. The molecule has 2 aliphatic rings. The number of H-pyrrole nitrogens is 1. The monoisotopic (exact) mass is 717 g/mol. The maximum atomic E-state index is 13.2. The molecule has 53 heavy (non-hydrogen) atoms. The molecule has 5 amide bonds. The number of piperidine rings is 1. The molecule has 270 valence electrons. The van der Waals surface area contributed by atoms with Crippen molar-refractivity contribution in [1.82, 2.24) is 35.8 Å². The van der Waals surface area contributed by atoms with E-state index in [0.717, 1.165) is 37.8 Å². The van der Waals surface area contributed by atoms with Crippen LogP contribution in [-0.4, -0.2) is 94.9 Å². The highest BCUT2D eigenvalue weighted by molar-refractivity contribution is 6.24. The molecular formula is C38H35N7O8. The molecule has 0 aliphatic carbocycles. The molecule has 2 aromatic carbocycles. The third kappa shape index (κ3) is 7.55. The number of ether oxygens (including phenoxy) is 3. The Labute approximate surface area is 302 Å². The maximum Gasteiger partial charge on any atom is 0.266 e. The summed E-state index contributed by atoms with van der Waals surface area (Å²) < 4.78 is 16.6. The van der Waals surface area contributed by atoms with E-state index in [0.29, 0.717) is 18.0 Å². The first-order valence-corrected chi connectivity index (χ1v) is 16.9. The molecule has 0 spiro atoms. The minimum absolute atomic E-state index is 0.0152. The van der Waals surface area contributed by atoms with Crippen molar-refractivity contribution in [2.45, 2.75) is 18.9 Å². The van der Waals surface area contributed by atoms with Gasteiger partial charge in [-0.1, -0.05) is 24.8 Å². The van der Waals surface area contributed by atoms with Crippen molar-refractivity contribution in [3.8, 4) is 22.8 Å². The second-order valence-corrected chi connectivity index (χ2v) is 12.4. The van der Waals surface area contributed by atoms with Crippen LogP contribution in [0.15, 0.2) is 85.5 Å². The summed E-state index contributed by atoms with van der Waals surface area (Å²) in [7, 11) is 0. The van der Waals surface area contributed by atoms with Gasteiger partial charge in [0, 0.05) is 70.8 Å². The smallest absolute Gasteiger partial charge is 0.266 e. The topological polar surface area (TPSA) is 194 Å². The van der Waals surface area contributed by atoms with Crippen molar-refractivity contribution in [3.05, 3.63) is 96.6 Å².